The molecule has 4 heteroatoms. The van der Waals surface area contributed by atoms with E-state index in [1.807, 2.05) is 0 Å². The molecule has 94 valence electrons. The number of pyridine rings is 1. The summed E-state index contributed by atoms with van der Waals surface area (Å²) in [7, 11) is 1.79. The molecule has 0 atom stereocenters. The fourth-order valence-corrected chi connectivity index (χ4v) is 2.21. The van der Waals surface area contributed by atoms with Gasteiger partial charge in [0.1, 0.15) is 6.10 Å². The molecule has 1 fully saturated rings. The lowest BCUT2D eigenvalue weighted by Crippen LogP contribution is -2.21. The van der Waals surface area contributed by atoms with Crippen molar-refractivity contribution < 1.29 is 9.13 Å². The number of halogens is 1. The van der Waals surface area contributed by atoms with Crippen LogP contribution in [-0.2, 0) is 6.54 Å². The molecule has 1 aliphatic rings. The second-order valence-electron chi connectivity index (χ2n) is 4.50. The van der Waals surface area contributed by atoms with Crippen LogP contribution in [-0.4, -0.2) is 18.1 Å². The molecule has 0 unspecified atom stereocenters. The fraction of sp³-hybridized carbons (Fsp3) is 0.615. The summed E-state index contributed by atoms with van der Waals surface area (Å²) in [4.78, 5) is 3.99. The van der Waals surface area contributed by atoms with Gasteiger partial charge in [-0.3, -0.25) is 0 Å². The van der Waals surface area contributed by atoms with Gasteiger partial charge in [-0.1, -0.05) is 6.42 Å². The van der Waals surface area contributed by atoms with Crippen LogP contribution in [0.3, 0.4) is 0 Å². The molecule has 2 rings (SSSR count). The minimum absolute atomic E-state index is 0.135. The zero-order valence-corrected chi connectivity index (χ0v) is 10.2. The van der Waals surface area contributed by atoms with E-state index in [1.54, 1.807) is 19.3 Å². The highest BCUT2D eigenvalue weighted by Crippen LogP contribution is 2.24. The minimum Gasteiger partial charge on any atom is -0.472 e. The Kier molecular flexibility index (Phi) is 4.31. The lowest BCUT2D eigenvalue weighted by molar-refractivity contribution is 0.141. The van der Waals surface area contributed by atoms with Crippen LogP contribution in [0.25, 0.3) is 0 Å². The number of ether oxygens (including phenoxy) is 1. The van der Waals surface area contributed by atoms with Crippen LogP contribution in [0.2, 0.25) is 0 Å². The lowest BCUT2D eigenvalue weighted by atomic mass is 9.98. The van der Waals surface area contributed by atoms with E-state index in [-0.39, 0.29) is 17.8 Å². The van der Waals surface area contributed by atoms with Crippen LogP contribution in [0.5, 0.6) is 5.88 Å². The summed E-state index contributed by atoms with van der Waals surface area (Å²) in [6, 6.07) is 1.68. The van der Waals surface area contributed by atoms with Crippen molar-refractivity contribution in [3.8, 4) is 5.88 Å². The predicted molar refractivity (Wildman–Crippen MR) is 64.5 cm³/mol. The topological polar surface area (TPSA) is 34.2 Å². The molecule has 1 aromatic rings. The van der Waals surface area contributed by atoms with E-state index < -0.39 is 0 Å². The molecule has 0 radical (unpaired) electrons. The molecule has 17 heavy (non-hydrogen) atoms. The Morgan fingerprint density at radius 3 is 2.88 bits per heavy atom. The predicted octanol–water partition coefficient (Wildman–Crippen LogP) is 2.65. The third-order valence-electron chi connectivity index (χ3n) is 3.13. The van der Waals surface area contributed by atoms with E-state index in [9.17, 15) is 4.39 Å². The first kappa shape index (κ1) is 12.3. The van der Waals surface area contributed by atoms with Gasteiger partial charge >= 0.3 is 0 Å². The molecule has 0 amide bonds. The quantitative estimate of drug-likeness (QED) is 0.875. The summed E-state index contributed by atoms with van der Waals surface area (Å²) in [6.07, 6.45) is 7.36. The molecule has 3 nitrogen and oxygen atoms in total. The van der Waals surface area contributed by atoms with Crippen LogP contribution in [0, 0.1) is 5.82 Å². The minimum atomic E-state index is -0.326. The monoisotopic (exact) mass is 238 g/mol. The summed E-state index contributed by atoms with van der Waals surface area (Å²) in [5.41, 5.74) is 0.605. The first-order chi connectivity index (χ1) is 8.31. The van der Waals surface area contributed by atoms with Crippen molar-refractivity contribution in [2.75, 3.05) is 7.05 Å². The number of hydrogen-bond acceptors (Lipinski definition) is 3. The second-order valence-corrected chi connectivity index (χ2v) is 4.50. The van der Waals surface area contributed by atoms with E-state index in [0.717, 1.165) is 12.8 Å². The van der Waals surface area contributed by atoms with Crippen molar-refractivity contribution in [3.63, 3.8) is 0 Å². The molecular formula is C13H19FN2O. The second kappa shape index (κ2) is 5.96. The van der Waals surface area contributed by atoms with Gasteiger partial charge in [0.15, 0.2) is 5.82 Å². The zero-order valence-electron chi connectivity index (χ0n) is 10.2. The molecule has 0 aromatic carbocycles. The summed E-state index contributed by atoms with van der Waals surface area (Å²) in [5, 5.41) is 2.93. The van der Waals surface area contributed by atoms with Gasteiger partial charge in [0.05, 0.1) is 0 Å². The fourth-order valence-electron chi connectivity index (χ4n) is 2.21. The average Bonchev–Trinajstić information content (AvgIpc) is 2.36. The summed E-state index contributed by atoms with van der Waals surface area (Å²) < 4.78 is 19.6. The number of aromatic nitrogens is 1. The van der Waals surface area contributed by atoms with E-state index in [4.69, 9.17) is 4.74 Å². The molecule has 1 heterocycles. The van der Waals surface area contributed by atoms with Crippen molar-refractivity contribution in [1.29, 1.82) is 0 Å². The Balaban J connectivity index is 2.06. The third-order valence-corrected chi connectivity index (χ3v) is 3.13. The standard InChI is InChI=1S/C13H19FN2O/c1-15-9-10-7-8-16-13(12(10)14)17-11-5-3-2-4-6-11/h7-8,11,15H,2-6,9H2,1H3. The number of rotatable bonds is 4. The Morgan fingerprint density at radius 1 is 1.41 bits per heavy atom. The molecule has 0 saturated heterocycles. The SMILES string of the molecule is CNCc1ccnc(OC2CCCCC2)c1F. The van der Waals surface area contributed by atoms with Gasteiger partial charge in [0, 0.05) is 18.3 Å². The van der Waals surface area contributed by atoms with Gasteiger partial charge in [-0.05, 0) is 38.8 Å². The highest BCUT2D eigenvalue weighted by molar-refractivity contribution is 5.23. The van der Waals surface area contributed by atoms with Gasteiger partial charge in [0.2, 0.25) is 0 Å². The summed E-state index contributed by atoms with van der Waals surface area (Å²) in [6.45, 7) is 0.495. The number of hydrogen-bond donors (Lipinski definition) is 1. The molecule has 1 aliphatic carbocycles. The molecular weight excluding hydrogens is 219 g/mol. The van der Waals surface area contributed by atoms with Gasteiger partial charge in [0.25, 0.3) is 5.88 Å². The highest BCUT2D eigenvalue weighted by Gasteiger charge is 2.18. The molecule has 1 aromatic heterocycles. The van der Waals surface area contributed by atoms with E-state index in [2.05, 4.69) is 10.3 Å². The molecule has 0 bridgehead atoms. The lowest BCUT2D eigenvalue weighted by Gasteiger charge is -2.22. The normalized spacial score (nSPS) is 17.1. The third kappa shape index (κ3) is 3.16. The van der Waals surface area contributed by atoms with Crippen molar-refractivity contribution in [2.24, 2.45) is 0 Å². The van der Waals surface area contributed by atoms with Gasteiger partial charge < -0.3 is 10.1 Å². The number of nitrogens with zero attached hydrogens (tertiary/aromatic N) is 1. The summed E-state index contributed by atoms with van der Waals surface area (Å²) >= 11 is 0. The van der Waals surface area contributed by atoms with Crippen molar-refractivity contribution >= 4 is 0 Å². The largest absolute Gasteiger partial charge is 0.472 e. The summed E-state index contributed by atoms with van der Waals surface area (Å²) in [5.74, 6) is -0.169. The van der Waals surface area contributed by atoms with Crippen molar-refractivity contribution in [1.82, 2.24) is 10.3 Å². The van der Waals surface area contributed by atoms with Gasteiger partial charge in [-0.15, -0.1) is 0 Å². The van der Waals surface area contributed by atoms with Gasteiger partial charge in [-0.2, -0.15) is 0 Å². The first-order valence-electron chi connectivity index (χ1n) is 6.26. The maximum atomic E-state index is 14.0. The molecule has 1 N–H and O–H groups in total. The van der Waals surface area contributed by atoms with Crippen molar-refractivity contribution in [3.05, 3.63) is 23.6 Å². The Bertz CT molecular complexity index is 364. The maximum absolute atomic E-state index is 14.0. The molecule has 0 aliphatic heterocycles. The smallest absolute Gasteiger partial charge is 0.250 e. The van der Waals surface area contributed by atoms with Crippen molar-refractivity contribution in [2.45, 2.75) is 44.8 Å². The van der Waals surface area contributed by atoms with Crippen LogP contribution in [0.4, 0.5) is 4.39 Å². The van der Waals surface area contributed by atoms with Crippen LogP contribution in [0.15, 0.2) is 12.3 Å². The van der Waals surface area contributed by atoms with Crippen LogP contribution in [0.1, 0.15) is 37.7 Å². The Morgan fingerprint density at radius 2 is 2.18 bits per heavy atom. The van der Waals surface area contributed by atoms with Crippen LogP contribution < -0.4 is 10.1 Å². The first-order valence-corrected chi connectivity index (χ1v) is 6.26. The zero-order chi connectivity index (χ0) is 12.1. The average molecular weight is 238 g/mol. The highest BCUT2D eigenvalue weighted by atomic mass is 19.1. The van der Waals surface area contributed by atoms with Gasteiger partial charge in [-0.25, -0.2) is 9.37 Å². The molecule has 1 saturated carbocycles. The van der Waals surface area contributed by atoms with Crippen LogP contribution >= 0.6 is 0 Å². The van der Waals surface area contributed by atoms with E-state index in [0.29, 0.717) is 12.1 Å². The molecule has 0 spiro atoms. The maximum Gasteiger partial charge on any atom is 0.250 e. The van der Waals surface area contributed by atoms with E-state index >= 15 is 0 Å². The van der Waals surface area contributed by atoms with E-state index in [1.165, 1.54) is 19.3 Å². The Labute approximate surface area is 101 Å². The number of nitrogens with one attached hydrogen (secondary N) is 1. The Hall–Kier alpha value is -1.16.